The number of benzene rings is 1. The van der Waals surface area contributed by atoms with E-state index in [1.807, 2.05) is 24.3 Å². The predicted octanol–water partition coefficient (Wildman–Crippen LogP) is 4.07. The van der Waals surface area contributed by atoms with E-state index >= 15 is 0 Å². The van der Waals surface area contributed by atoms with Crippen molar-refractivity contribution in [2.24, 2.45) is 0 Å². The molecule has 1 saturated heterocycles. The second kappa shape index (κ2) is 6.89. The van der Waals surface area contributed by atoms with E-state index in [-0.39, 0.29) is 5.91 Å². The summed E-state index contributed by atoms with van der Waals surface area (Å²) in [5, 5.41) is 0.966. The molecular formula is C14H17BrINO. The zero-order chi connectivity index (χ0) is 13.0. The number of nitrogens with zero attached hydrogens (tertiary/aromatic N) is 1. The molecule has 0 aliphatic carbocycles. The quantitative estimate of drug-likeness (QED) is 0.532. The third-order valence-electron chi connectivity index (χ3n) is 3.40. The van der Waals surface area contributed by atoms with Gasteiger partial charge in [-0.25, -0.2) is 0 Å². The summed E-state index contributed by atoms with van der Waals surface area (Å²) in [7, 11) is 0. The van der Waals surface area contributed by atoms with Crippen LogP contribution in [0.4, 0.5) is 0 Å². The molecule has 1 aliphatic heterocycles. The Kier molecular flexibility index (Phi) is 5.48. The van der Waals surface area contributed by atoms with Gasteiger partial charge in [0.05, 0.1) is 0 Å². The van der Waals surface area contributed by atoms with Crippen LogP contribution in [-0.2, 0) is 0 Å². The Hall–Kier alpha value is -0.100. The smallest absolute Gasteiger partial charge is 0.254 e. The van der Waals surface area contributed by atoms with Gasteiger partial charge in [-0.2, -0.15) is 0 Å². The van der Waals surface area contributed by atoms with Gasteiger partial charge >= 0.3 is 0 Å². The molecule has 4 heteroatoms. The molecule has 2 nitrogen and oxygen atoms in total. The Balaban J connectivity index is 2.15. The van der Waals surface area contributed by atoms with Crippen LogP contribution in [0.15, 0.2) is 24.3 Å². The van der Waals surface area contributed by atoms with Gasteiger partial charge in [-0.3, -0.25) is 4.79 Å². The Morgan fingerprint density at radius 1 is 1.44 bits per heavy atom. The molecule has 0 spiro atoms. The second-order valence-electron chi connectivity index (χ2n) is 4.64. The molecule has 0 bridgehead atoms. The fraction of sp³-hybridized carbons (Fsp3) is 0.500. The van der Waals surface area contributed by atoms with E-state index in [2.05, 4.69) is 43.4 Å². The molecule has 1 fully saturated rings. The predicted molar refractivity (Wildman–Crippen MR) is 86.2 cm³/mol. The summed E-state index contributed by atoms with van der Waals surface area (Å²) in [4.78, 5) is 14.6. The van der Waals surface area contributed by atoms with Crippen LogP contribution in [0.5, 0.6) is 0 Å². The normalized spacial score (nSPS) is 19.9. The molecule has 0 N–H and O–H groups in total. The van der Waals surface area contributed by atoms with Gasteiger partial charge in [-0.1, -0.05) is 22.0 Å². The van der Waals surface area contributed by atoms with Crippen molar-refractivity contribution < 1.29 is 4.79 Å². The molecule has 1 amide bonds. The van der Waals surface area contributed by atoms with Crippen LogP contribution < -0.4 is 0 Å². The van der Waals surface area contributed by atoms with E-state index in [0.29, 0.717) is 6.04 Å². The van der Waals surface area contributed by atoms with Crippen molar-refractivity contribution in [2.45, 2.75) is 31.7 Å². The zero-order valence-corrected chi connectivity index (χ0v) is 14.0. The minimum atomic E-state index is 0.194. The van der Waals surface area contributed by atoms with Gasteiger partial charge in [0.25, 0.3) is 5.91 Å². The second-order valence-corrected chi connectivity index (χ2v) is 6.67. The lowest BCUT2D eigenvalue weighted by Gasteiger charge is -2.35. The summed E-state index contributed by atoms with van der Waals surface area (Å²) in [6.07, 6.45) is 4.57. The molecule has 1 aromatic rings. The number of carbonyl (C=O) groups excluding carboxylic acids is 1. The first-order valence-corrected chi connectivity index (χ1v) is 8.55. The minimum Gasteiger partial charge on any atom is -0.336 e. The molecule has 0 saturated carbocycles. The van der Waals surface area contributed by atoms with E-state index < -0.39 is 0 Å². The van der Waals surface area contributed by atoms with Gasteiger partial charge in [-0.15, -0.1) is 0 Å². The van der Waals surface area contributed by atoms with Crippen LogP contribution in [0.3, 0.4) is 0 Å². The SMILES string of the molecule is O=C(c1cccc(I)c1)N1CCCCC1CCBr. The number of likely N-dealkylation sites (tertiary alicyclic amines) is 1. The lowest BCUT2D eigenvalue weighted by molar-refractivity contribution is 0.0610. The average Bonchev–Trinajstić information content (AvgIpc) is 2.39. The maximum atomic E-state index is 12.5. The molecule has 18 heavy (non-hydrogen) atoms. The number of carbonyl (C=O) groups is 1. The summed E-state index contributed by atoms with van der Waals surface area (Å²) in [6, 6.07) is 8.28. The lowest BCUT2D eigenvalue weighted by atomic mass is 9.99. The van der Waals surface area contributed by atoms with E-state index in [1.165, 1.54) is 6.42 Å². The first-order chi connectivity index (χ1) is 8.72. The highest BCUT2D eigenvalue weighted by Gasteiger charge is 2.26. The van der Waals surface area contributed by atoms with E-state index in [1.54, 1.807) is 0 Å². The van der Waals surface area contributed by atoms with Crippen molar-refractivity contribution in [3.8, 4) is 0 Å². The van der Waals surface area contributed by atoms with Crippen LogP contribution in [0, 0.1) is 3.57 Å². The summed E-state index contributed by atoms with van der Waals surface area (Å²) in [5.41, 5.74) is 0.823. The number of piperidine rings is 1. The first kappa shape index (κ1) is 14.3. The van der Waals surface area contributed by atoms with Crippen LogP contribution in [0.25, 0.3) is 0 Å². The minimum absolute atomic E-state index is 0.194. The van der Waals surface area contributed by atoms with Crippen LogP contribution in [0.1, 0.15) is 36.0 Å². The van der Waals surface area contributed by atoms with Crippen molar-refractivity contribution in [3.63, 3.8) is 0 Å². The maximum absolute atomic E-state index is 12.5. The fourth-order valence-corrected chi connectivity index (χ4v) is 3.55. The average molecular weight is 422 g/mol. The van der Waals surface area contributed by atoms with Gasteiger partial charge in [0, 0.05) is 27.1 Å². The molecule has 1 aliphatic rings. The highest BCUT2D eigenvalue weighted by atomic mass is 127. The van der Waals surface area contributed by atoms with Crippen molar-refractivity contribution in [2.75, 3.05) is 11.9 Å². The summed E-state index contributed by atoms with van der Waals surface area (Å²) >= 11 is 5.74. The summed E-state index contributed by atoms with van der Waals surface area (Å²) < 4.78 is 1.12. The van der Waals surface area contributed by atoms with Gasteiger partial charge in [0.15, 0.2) is 0 Å². The molecule has 0 aromatic heterocycles. The molecule has 1 atom stereocenters. The topological polar surface area (TPSA) is 20.3 Å². The van der Waals surface area contributed by atoms with Crippen LogP contribution in [0.2, 0.25) is 0 Å². The van der Waals surface area contributed by atoms with Crippen molar-refractivity contribution >= 4 is 44.4 Å². The standard InChI is InChI=1S/C14H17BrINO/c15-8-7-13-6-1-2-9-17(13)14(18)11-4-3-5-12(16)10-11/h3-5,10,13H,1-2,6-9H2. The van der Waals surface area contributed by atoms with Gasteiger partial charge in [0.1, 0.15) is 0 Å². The molecule has 1 aromatic carbocycles. The highest BCUT2D eigenvalue weighted by Crippen LogP contribution is 2.23. The Morgan fingerprint density at radius 3 is 3.00 bits per heavy atom. The molecule has 98 valence electrons. The number of halogens is 2. The largest absolute Gasteiger partial charge is 0.336 e. The number of hydrogen-bond donors (Lipinski definition) is 0. The molecule has 2 rings (SSSR count). The third kappa shape index (κ3) is 3.47. The molecular weight excluding hydrogens is 405 g/mol. The van der Waals surface area contributed by atoms with Crippen LogP contribution in [-0.4, -0.2) is 28.7 Å². The number of amides is 1. The number of alkyl halides is 1. The molecule has 0 radical (unpaired) electrons. The Bertz CT molecular complexity index is 422. The maximum Gasteiger partial charge on any atom is 0.254 e. The first-order valence-electron chi connectivity index (χ1n) is 6.35. The van der Waals surface area contributed by atoms with Gasteiger partial charge in [0.2, 0.25) is 0 Å². The number of rotatable bonds is 3. The molecule has 1 heterocycles. The summed E-state index contributed by atoms with van der Waals surface area (Å²) in [5.74, 6) is 0.194. The monoisotopic (exact) mass is 421 g/mol. The lowest BCUT2D eigenvalue weighted by Crippen LogP contribution is -2.43. The zero-order valence-electron chi connectivity index (χ0n) is 10.2. The number of hydrogen-bond acceptors (Lipinski definition) is 1. The fourth-order valence-electron chi connectivity index (χ4n) is 2.48. The van der Waals surface area contributed by atoms with E-state index in [0.717, 1.165) is 40.3 Å². The van der Waals surface area contributed by atoms with Crippen molar-refractivity contribution in [1.82, 2.24) is 4.90 Å². The van der Waals surface area contributed by atoms with Gasteiger partial charge < -0.3 is 4.90 Å². The Labute approximate surface area is 130 Å². The summed E-state index contributed by atoms with van der Waals surface area (Å²) in [6.45, 7) is 0.905. The Morgan fingerprint density at radius 2 is 2.28 bits per heavy atom. The third-order valence-corrected chi connectivity index (χ3v) is 4.53. The van der Waals surface area contributed by atoms with E-state index in [4.69, 9.17) is 0 Å². The van der Waals surface area contributed by atoms with E-state index in [9.17, 15) is 4.79 Å². The highest BCUT2D eigenvalue weighted by molar-refractivity contribution is 14.1. The van der Waals surface area contributed by atoms with Gasteiger partial charge in [-0.05, 0) is 66.5 Å². The molecule has 1 unspecified atom stereocenters. The van der Waals surface area contributed by atoms with Crippen molar-refractivity contribution in [3.05, 3.63) is 33.4 Å². The van der Waals surface area contributed by atoms with Crippen molar-refractivity contribution in [1.29, 1.82) is 0 Å². The van der Waals surface area contributed by atoms with Crippen LogP contribution >= 0.6 is 38.5 Å².